The number of nitrogens with one attached hydrogen (secondary N) is 1. The van der Waals surface area contributed by atoms with Crippen LogP contribution in [0.25, 0.3) is 53.9 Å². The Kier molecular flexibility index (Phi) is 8.88. The first-order chi connectivity index (χ1) is 23.1. The summed E-state index contributed by atoms with van der Waals surface area (Å²) in [6.07, 6.45) is 0. The van der Waals surface area contributed by atoms with Gasteiger partial charge in [0.2, 0.25) is 0 Å². The molecule has 2 N–H and O–H groups in total. The van der Waals surface area contributed by atoms with Gasteiger partial charge in [-0.1, -0.05) is 131 Å². The van der Waals surface area contributed by atoms with E-state index in [9.17, 15) is 5.11 Å². The number of phenols is 1. The lowest BCUT2D eigenvalue weighted by molar-refractivity contribution is 0.488. The lowest BCUT2D eigenvalue weighted by Crippen LogP contribution is -2.43. The van der Waals surface area contributed by atoms with Crippen molar-refractivity contribution in [2.75, 3.05) is 0 Å². The van der Waals surface area contributed by atoms with Crippen molar-refractivity contribution in [3.8, 4) is 28.7 Å². The molecule has 0 aliphatic rings. The number of nitrogens with zero attached hydrogens (tertiary/aromatic N) is 1. The Morgan fingerprint density at radius 2 is 0.878 bits per heavy atom. The molecule has 0 radical (unpaired) electrons. The molecule has 0 unspecified atom stereocenters. The van der Waals surface area contributed by atoms with Crippen LogP contribution in [0.2, 0.25) is 33.2 Å². The Morgan fingerprint density at radius 3 is 1.31 bits per heavy atom. The van der Waals surface area contributed by atoms with Crippen LogP contribution in [0.15, 0.2) is 53.6 Å². The van der Waals surface area contributed by atoms with Gasteiger partial charge in [0.1, 0.15) is 27.6 Å². The normalized spacial score (nSPS) is 13.0. The van der Waals surface area contributed by atoms with E-state index in [0.29, 0.717) is 38.9 Å². The summed E-state index contributed by atoms with van der Waals surface area (Å²) in [6, 6.07) is 16.8. The van der Waals surface area contributed by atoms with Gasteiger partial charge < -0.3 is 5.11 Å². The fourth-order valence-corrected chi connectivity index (χ4v) is 20.5. The van der Waals surface area contributed by atoms with E-state index in [1.54, 1.807) is 0 Å². The van der Waals surface area contributed by atoms with E-state index in [1.807, 2.05) is 12.1 Å². The number of benzene rings is 6. The second-order valence-corrected chi connectivity index (χ2v) is 27.4. The number of rotatable bonds is 7. The smallest absolute Gasteiger partial charge is 0.146 e. The third-order valence-electron chi connectivity index (χ3n) is 12.3. The average Bonchev–Trinajstić information content (AvgIpc) is 3.03. The SMILES string of the molecule is CC(C)[Si](C#Cc1cc2c(O)c3cccc4c(C#C[Si](C(C)C)(C(C)C)C(C)C)cc5c(N=N)c6cccc1c6c2c5c43)(C(C)C)C(C)C. The van der Waals surface area contributed by atoms with Gasteiger partial charge in [0.25, 0.3) is 0 Å². The van der Waals surface area contributed by atoms with Crippen molar-refractivity contribution in [2.24, 2.45) is 5.11 Å². The molecule has 0 fully saturated rings. The average molecular weight is 681 g/mol. The van der Waals surface area contributed by atoms with E-state index < -0.39 is 16.1 Å². The van der Waals surface area contributed by atoms with Crippen LogP contribution in [0.1, 0.15) is 94.2 Å². The molecule has 0 spiro atoms. The maximum absolute atomic E-state index is 12.2. The van der Waals surface area contributed by atoms with Crippen molar-refractivity contribution in [3.05, 3.63) is 59.7 Å². The Morgan fingerprint density at radius 1 is 0.510 bits per heavy atom. The molecule has 0 saturated heterocycles. The Labute approximate surface area is 295 Å². The second kappa shape index (κ2) is 12.5. The van der Waals surface area contributed by atoms with Gasteiger partial charge >= 0.3 is 0 Å². The molecule has 0 aliphatic heterocycles. The largest absolute Gasteiger partial charge is 0.507 e. The highest BCUT2D eigenvalue weighted by atomic mass is 28.3. The highest BCUT2D eigenvalue weighted by molar-refractivity contribution is 6.91. The van der Waals surface area contributed by atoms with Crippen LogP contribution >= 0.6 is 0 Å². The van der Waals surface area contributed by atoms with E-state index >= 15 is 0 Å². The molecule has 49 heavy (non-hydrogen) atoms. The van der Waals surface area contributed by atoms with Crippen molar-refractivity contribution in [2.45, 2.75) is 116 Å². The maximum Gasteiger partial charge on any atom is 0.146 e. The van der Waals surface area contributed by atoms with Crippen LogP contribution in [0.4, 0.5) is 5.69 Å². The van der Waals surface area contributed by atoms with Crippen molar-refractivity contribution in [3.63, 3.8) is 0 Å². The van der Waals surface area contributed by atoms with E-state index in [1.165, 1.54) is 0 Å². The molecule has 5 heteroatoms. The van der Waals surface area contributed by atoms with Gasteiger partial charge in [0, 0.05) is 54.2 Å². The minimum Gasteiger partial charge on any atom is -0.507 e. The summed E-state index contributed by atoms with van der Waals surface area (Å²) >= 11 is 0. The van der Waals surface area contributed by atoms with Crippen LogP contribution in [-0.4, -0.2) is 21.3 Å². The zero-order valence-corrected chi connectivity index (χ0v) is 33.5. The standard InChI is InChI=1S/C44H52N2OSi2/c1-25(2)48(26(3)4,27(5)6)21-19-31-23-37-41-40-34(31)16-14-18-36(40)44(47)38-24-32(20-22-49(28(7)8,29(9)10)30(11)12)33-15-13-17-35(43(37)46-45)39(33)42(38)41/h13-18,23-30,45,47H,1-12H3. The molecule has 0 bridgehead atoms. The van der Waals surface area contributed by atoms with Crippen molar-refractivity contribution in [1.82, 2.24) is 0 Å². The summed E-state index contributed by atoms with van der Waals surface area (Å²) in [4.78, 5) is 0. The quantitative estimate of drug-likeness (QED) is 0.0569. The predicted octanol–water partition coefficient (Wildman–Crippen LogP) is 13.8. The molecule has 6 rings (SSSR count). The lowest BCUT2D eigenvalue weighted by atomic mass is 9.83. The molecule has 0 heterocycles. The monoisotopic (exact) mass is 680 g/mol. The van der Waals surface area contributed by atoms with Crippen molar-refractivity contribution in [1.29, 1.82) is 5.53 Å². The van der Waals surface area contributed by atoms with Crippen LogP contribution in [-0.2, 0) is 0 Å². The first kappa shape index (κ1) is 34.9. The van der Waals surface area contributed by atoms with Crippen molar-refractivity contribution >= 4 is 75.7 Å². The molecule has 252 valence electrons. The first-order valence-electron chi connectivity index (χ1n) is 18.2. The van der Waals surface area contributed by atoms with Gasteiger partial charge in [-0.2, -0.15) is 5.11 Å². The molecular weight excluding hydrogens is 629 g/mol. The van der Waals surface area contributed by atoms with Crippen LogP contribution in [0.5, 0.6) is 5.75 Å². The molecule has 0 saturated carbocycles. The van der Waals surface area contributed by atoms with E-state index in [-0.39, 0.29) is 5.75 Å². The van der Waals surface area contributed by atoms with Crippen LogP contribution in [0, 0.1) is 28.5 Å². The summed E-state index contributed by atoms with van der Waals surface area (Å²) in [5.41, 5.74) is 22.0. The maximum atomic E-state index is 12.2. The molecule has 6 aromatic rings. The van der Waals surface area contributed by atoms with Gasteiger partial charge in [0.05, 0.1) is 0 Å². The van der Waals surface area contributed by atoms with E-state index in [0.717, 1.165) is 65.0 Å². The predicted molar refractivity (Wildman–Crippen MR) is 219 cm³/mol. The van der Waals surface area contributed by atoms with Crippen LogP contribution < -0.4 is 0 Å². The first-order valence-corrected chi connectivity index (χ1v) is 22.7. The van der Waals surface area contributed by atoms with Crippen molar-refractivity contribution < 1.29 is 5.11 Å². The third kappa shape index (κ3) is 4.91. The Balaban J connectivity index is 1.79. The number of hydrogen-bond donors (Lipinski definition) is 2. The molecule has 6 aromatic carbocycles. The summed E-state index contributed by atoms with van der Waals surface area (Å²) in [5.74, 6) is 7.75. The van der Waals surface area contributed by atoms with Gasteiger partial charge in [-0.3, -0.25) is 0 Å². The van der Waals surface area contributed by atoms with Gasteiger partial charge in [-0.25, -0.2) is 5.53 Å². The molecule has 0 aromatic heterocycles. The Hall–Kier alpha value is -3.91. The summed E-state index contributed by atoms with van der Waals surface area (Å²) in [6.45, 7) is 28.1. The zero-order chi connectivity index (χ0) is 35.7. The molecule has 0 atom stereocenters. The highest BCUT2D eigenvalue weighted by Gasteiger charge is 2.43. The fraction of sp³-hybridized carbons (Fsp3) is 0.409. The number of hydrogen-bond acceptors (Lipinski definition) is 3. The Bertz CT molecular complexity index is 2310. The van der Waals surface area contributed by atoms with E-state index in [4.69, 9.17) is 5.53 Å². The summed E-state index contributed by atoms with van der Waals surface area (Å²) in [5, 5.41) is 26.1. The van der Waals surface area contributed by atoms with Gasteiger partial charge in [-0.05, 0) is 56.2 Å². The number of phenolic OH excluding ortho intramolecular Hbond substituents is 1. The second-order valence-electron chi connectivity index (χ2n) is 16.3. The minimum atomic E-state index is -2.01. The summed E-state index contributed by atoms with van der Waals surface area (Å²) < 4.78 is 0. The molecular formula is C44H52N2OSi2. The third-order valence-corrected chi connectivity index (χ3v) is 24.8. The lowest BCUT2D eigenvalue weighted by Gasteiger charge is -2.38. The van der Waals surface area contributed by atoms with Gasteiger partial charge in [0.15, 0.2) is 0 Å². The highest BCUT2D eigenvalue weighted by Crippen LogP contribution is 2.53. The zero-order valence-electron chi connectivity index (χ0n) is 31.5. The molecule has 0 aliphatic carbocycles. The number of aromatic hydroxyl groups is 1. The van der Waals surface area contributed by atoms with Gasteiger partial charge in [-0.15, -0.1) is 11.1 Å². The molecule has 0 amide bonds. The minimum absolute atomic E-state index is 0.283. The summed E-state index contributed by atoms with van der Waals surface area (Å²) in [7, 11) is -4.03. The molecule has 3 nitrogen and oxygen atoms in total. The van der Waals surface area contributed by atoms with Crippen LogP contribution in [0.3, 0.4) is 0 Å². The topological polar surface area (TPSA) is 56.4 Å². The van der Waals surface area contributed by atoms with E-state index in [2.05, 4.69) is 148 Å². The fourth-order valence-electron chi connectivity index (χ4n) is 10.1.